The van der Waals surface area contributed by atoms with Crippen molar-refractivity contribution in [3.8, 4) is 6.07 Å². The molecule has 0 aromatic heterocycles. The van der Waals surface area contributed by atoms with Crippen LogP contribution in [0, 0.1) is 34.2 Å². The minimum atomic E-state index is -0.853. The van der Waals surface area contributed by atoms with E-state index in [9.17, 15) is 14.5 Å². The number of aryl methyl sites for hydroxylation is 1. The van der Waals surface area contributed by atoms with Gasteiger partial charge in [0.05, 0.1) is 4.92 Å². The summed E-state index contributed by atoms with van der Waals surface area (Å²) in [6.07, 6.45) is 0. The van der Waals surface area contributed by atoms with Gasteiger partial charge in [0, 0.05) is 6.07 Å². The molecule has 0 radical (unpaired) electrons. The summed E-state index contributed by atoms with van der Waals surface area (Å²) in [5, 5.41) is 18.8. The fourth-order valence-corrected chi connectivity index (χ4v) is 0.979. The molecule has 1 aromatic rings. The quantitative estimate of drug-likeness (QED) is 0.489. The molecule has 4 nitrogen and oxygen atoms in total. The number of nitrogens with zero attached hydrogens (tertiary/aromatic N) is 2. The van der Waals surface area contributed by atoms with Crippen molar-refractivity contribution in [2.45, 2.75) is 6.92 Å². The van der Waals surface area contributed by atoms with Crippen LogP contribution in [0.1, 0.15) is 11.1 Å². The fraction of sp³-hybridized carbons (Fsp3) is 0.125. The van der Waals surface area contributed by atoms with Crippen LogP contribution in [0.25, 0.3) is 0 Å². The van der Waals surface area contributed by atoms with Gasteiger partial charge in [0.2, 0.25) is 0 Å². The number of nitriles is 1. The number of halogens is 1. The molecule has 0 bridgehead atoms. The van der Waals surface area contributed by atoms with Crippen LogP contribution in [0.3, 0.4) is 0 Å². The lowest BCUT2D eigenvalue weighted by Gasteiger charge is -1.97. The van der Waals surface area contributed by atoms with E-state index in [2.05, 4.69) is 0 Å². The minimum absolute atomic E-state index is 0.420. The number of nitro groups is 1. The second-order valence-corrected chi connectivity index (χ2v) is 2.51. The van der Waals surface area contributed by atoms with Crippen molar-refractivity contribution >= 4 is 5.69 Å². The minimum Gasteiger partial charge on any atom is -0.258 e. The molecule has 5 heteroatoms. The van der Waals surface area contributed by atoms with Crippen molar-refractivity contribution in [1.29, 1.82) is 5.26 Å². The van der Waals surface area contributed by atoms with Gasteiger partial charge in [0.15, 0.2) is 5.56 Å². The Balaban J connectivity index is 3.50. The lowest BCUT2D eigenvalue weighted by atomic mass is 10.1. The predicted molar refractivity (Wildman–Crippen MR) is 42.5 cm³/mol. The highest BCUT2D eigenvalue weighted by Crippen LogP contribution is 2.22. The van der Waals surface area contributed by atoms with Gasteiger partial charge < -0.3 is 0 Å². The van der Waals surface area contributed by atoms with Crippen molar-refractivity contribution in [3.63, 3.8) is 0 Å². The lowest BCUT2D eigenvalue weighted by Crippen LogP contribution is -1.96. The summed E-state index contributed by atoms with van der Waals surface area (Å²) in [5.41, 5.74) is -0.584. The molecule has 0 saturated heterocycles. The molecule has 13 heavy (non-hydrogen) atoms. The average Bonchev–Trinajstić information content (AvgIpc) is 2.02. The molecular weight excluding hydrogens is 175 g/mol. The number of hydrogen-bond acceptors (Lipinski definition) is 3. The maximum atomic E-state index is 12.9. The smallest absolute Gasteiger partial charge is 0.258 e. The van der Waals surface area contributed by atoms with Gasteiger partial charge in [-0.15, -0.1) is 0 Å². The van der Waals surface area contributed by atoms with E-state index in [0.717, 1.165) is 6.07 Å². The van der Waals surface area contributed by atoms with Gasteiger partial charge in [0.1, 0.15) is 11.9 Å². The summed E-state index contributed by atoms with van der Waals surface area (Å²) in [6.45, 7) is 1.53. The van der Waals surface area contributed by atoms with Crippen LogP contribution in [-0.4, -0.2) is 4.92 Å². The Morgan fingerprint density at radius 2 is 2.23 bits per heavy atom. The Hall–Kier alpha value is -1.96. The van der Waals surface area contributed by atoms with E-state index in [4.69, 9.17) is 5.26 Å². The first-order valence-electron chi connectivity index (χ1n) is 3.41. The third-order valence-corrected chi connectivity index (χ3v) is 1.52. The molecule has 0 fully saturated rings. The van der Waals surface area contributed by atoms with Gasteiger partial charge in [-0.05, 0) is 18.6 Å². The van der Waals surface area contributed by atoms with E-state index in [1.54, 1.807) is 0 Å². The van der Waals surface area contributed by atoms with Crippen LogP contribution in [0.15, 0.2) is 12.1 Å². The Kier molecular flexibility index (Phi) is 2.24. The van der Waals surface area contributed by atoms with E-state index in [1.165, 1.54) is 19.1 Å². The van der Waals surface area contributed by atoms with Crippen molar-refractivity contribution in [2.24, 2.45) is 0 Å². The number of benzene rings is 1. The first-order valence-corrected chi connectivity index (χ1v) is 3.41. The van der Waals surface area contributed by atoms with E-state index in [0.29, 0.717) is 5.56 Å². The molecule has 0 saturated carbocycles. The van der Waals surface area contributed by atoms with Crippen LogP contribution >= 0.6 is 0 Å². The van der Waals surface area contributed by atoms with Crippen molar-refractivity contribution in [1.82, 2.24) is 0 Å². The van der Waals surface area contributed by atoms with E-state index in [1.807, 2.05) is 0 Å². The van der Waals surface area contributed by atoms with Crippen molar-refractivity contribution < 1.29 is 9.31 Å². The van der Waals surface area contributed by atoms with Crippen molar-refractivity contribution in [3.05, 3.63) is 39.2 Å². The second kappa shape index (κ2) is 3.19. The zero-order valence-corrected chi connectivity index (χ0v) is 6.74. The van der Waals surface area contributed by atoms with Gasteiger partial charge in [-0.3, -0.25) is 10.1 Å². The Morgan fingerprint density at radius 1 is 1.62 bits per heavy atom. The van der Waals surface area contributed by atoms with Gasteiger partial charge in [-0.25, -0.2) is 4.39 Å². The normalized spacial score (nSPS) is 9.31. The Morgan fingerprint density at radius 3 is 2.69 bits per heavy atom. The van der Waals surface area contributed by atoms with Gasteiger partial charge in [-0.2, -0.15) is 5.26 Å². The number of rotatable bonds is 1. The maximum Gasteiger partial charge on any atom is 0.290 e. The van der Waals surface area contributed by atoms with E-state index < -0.39 is 22.0 Å². The molecule has 0 heterocycles. The highest BCUT2D eigenvalue weighted by Gasteiger charge is 2.18. The molecule has 0 spiro atoms. The SMILES string of the molecule is Cc1cc(F)c(C#N)c([N+](=O)[O-])c1. The van der Waals surface area contributed by atoms with Crippen LogP contribution < -0.4 is 0 Å². The maximum absolute atomic E-state index is 12.9. The third kappa shape index (κ3) is 1.62. The van der Waals surface area contributed by atoms with E-state index >= 15 is 0 Å². The van der Waals surface area contributed by atoms with Gasteiger partial charge in [0.25, 0.3) is 5.69 Å². The van der Waals surface area contributed by atoms with Crippen LogP contribution in [0.2, 0.25) is 0 Å². The first kappa shape index (κ1) is 9.13. The van der Waals surface area contributed by atoms with Crippen LogP contribution in [-0.2, 0) is 0 Å². The highest BCUT2D eigenvalue weighted by molar-refractivity contribution is 5.51. The van der Waals surface area contributed by atoms with E-state index in [-0.39, 0.29) is 0 Å². The second-order valence-electron chi connectivity index (χ2n) is 2.51. The summed E-state index contributed by atoms with van der Waals surface area (Å²) in [4.78, 5) is 9.60. The molecule has 0 aliphatic carbocycles. The fourth-order valence-electron chi connectivity index (χ4n) is 0.979. The average molecular weight is 180 g/mol. The zero-order valence-electron chi connectivity index (χ0n) is 6.74. The first-order chi connectivity index (χ1) is 6.06. The Labute approximate surface area is 73.4 Å². The highest BCUT2D eigenvalue weighted by atomic mass is 19.1. The number of nitro benzene ring substituents is 1. The molecule has 1 rings (SSSR count). The largest absolute Gasteiger partial charge is 0.290 e. The molecule has 0 N–H and O–H groups in total. The molecule has 0 unspecified atom stereocenters. The third-order valence-electron chi connectivity index (χ3n) is 1.52. The molecule has 1 aromatic carbocycles. The molecule has 0 aliphatic rings. The van der Waals surface area contributed by atoms with Gasteiger partial charge in [-0.1, -0.05) is 0 Å². The standard InChI is InChI=1S/C8H5FN2O2/c1-5-2-7(9)6(4-10)8(3-5)11(12)13/h2-3H,1H3. The topological polar surface area (TPSA) is 66.9 Å². The Bertz CT molecular complexity index is 409. The molecule has 0 atom stereocenters. The van der Waals surface area contributed by atoms with Crippen molar-refractivity contribution in [2.75, 3.05) is 0 Å². The summed E-state index contributed by atoms with van der Waals surface area (Å²) >= 11 is 0. The lowest BCUT2D eigenvalue weighted by molar-refractivity contribution is -0.385. The van der Waals surface area contributed by atoms with Crippen LogP contribution in [0.5, 0.6) is 0 Å². The molecule has 0 aliphatic heterocycles. The summed E-state index contributed by atoms with van der Waals surface area (Å²) in [5.74, 6) is -0.853. The summed E-state index contributed by atoms with van der Waals surface area (Å²) in [6, 6.07) is 3.71. The summed E-state index contributed by atoms with van der Waals surface area (Å²) < 4.78 is 12.9. The zero-order chi connectivity index (χ0) is 10.0. The predicted octanol–water partition coefficient (Wildman–Crippen LogP) is 1.91. The van der Waals surface area contributed by atoms with Crippen LogP contribution in [0.4, 0.5) is 10.1 Å². The number of hydrogen-bond donors (Lipinski definition) is 0. The van der Waals surface area contributed by atoms with Gasteiger partial charge >= 0.3 is 0 Å². The molecule has 66 valence electrons. The molecule has 0 amide bonds. The summed E-state index contributed by atoms with van der Waals surface area (Å²) in [7, 11) is 0. The molecular formula is C8H5FN2O2. The monoisotopic (exact) mass is 180 g/mol.